The van der Waals surface area contributed by atoms with Crippen LogP contribution in [0.5, 0.6) is 5.75 Å². The van der Waals surface area contributed by atoms with Gasteiger partial charge >= 0.3 is 0 Å². The topological polar surface area (TPSA) is 68.5 Å². The lowest BCUT2D eigenvalue weighted by Crippen LogP contribution is -2.38. The number of halogens is 2. The van der Waals surface area contributed by atoms with Gasteiger partial charge in [-0.1, -0.05) is 28.4 Å². The molecule has 2 heterocycles. The first-order valence-electron chi connectivity index (χ1n) is 8.69. The van der Waals surface area contributed by atoms with Gasteiger partial charge in [-0.3, -0.25) is 4.79 Å². The second-order valence-corrected chi connectivity index (χ2v) is 7.21. The summed E-state index contributed by atoms with van der Waals surface area (Å²) >= 11 is 11.9. The summed E-state index contributed by atoms with van der Waals surface area (Å²) in [4.78, 5) is 18.5. The molecule has 3 rings (SSSR count). The Kier molecular flexibility index (Phi) is 6.38. The van der Waals surface area contributed by atoms with Gasteiger partial charge in [0.05, 0.1) is 11.6 Å². The lowest BCUT2D eigenvalue weighted by Gasteiger charge is -2.30. The van der Waals surface area contributed by atoms with Gasteiger partial charge in [-0.2, -0.15) is 4.98 Å². The van der Waals surface area contributed by atoms with Crippen LogP contribution in [-0.4, -0.2) is 40.6 Å². The first-order chi connectivity index (χ1) is 12.5. The fourth-order valence-corrected chi connectivity index (χ4v) is 3.47. The number of aryl methyl sites for hydroxylation is 1. The smallest absolute Gasteiger partial charge is 0.229 e. The summed E-state index contributed by atoms with van der Waals surface area (Å²) in [6.45, 7) is 3.68. The first-order valence-corrected chi connectivity index (χ1v) is 9.44. The number of carbonyl (C=O) groups excluding carboxylic acids is 1. The first kappa shape index (κ1) is 19.0. The van der Waals surface area contributed by atoms with Crippen molar-refractivity contribution in [2.75, 3.05) is 19.7 Å². The molecule has 0 saturated carbocycles. The number of ether oxygens (including phenoxy) is 1. The van der Waals surface area contributed by atoms with Crippen molar-refractivity contribution in [3.63, 3.8) is 0 Å². The van der Waals surface area contributed by atoms with E-state index in [2.05, 4.69) is 10.1 Å². The zero-order valence-corrected chi connectivity index (χ0v) is 16.1. The highest BCUT2D eigenvalue weighted by molar-refractivity contribution is 6.35. The summed E-state index contributed by atoms with van der Waals surface area (Å²) in [5.74, 6) is 2.31. The van der Waals surface area contributed by atoms with Crippen LogP contribution in [0.2, 0.25) is 10.0 Å². The molecule has 1 saturated heterocycles. The Morgan fingerprint density at radius 1 is 1.35 bits per heavy atom. The van der Waals surface area contributed by atoms with Gasteiger partial charge in [0.2, 0.25) is 11.8 Å². The molecule has 2 aromatic rings. The molecule has 140 valence electrons. The number of rotatable bonds is 6. The minimum atomic E-state index is 0.149. The van der Waals surface area contributed by atoms with Crippen molar-refractivity contribution in [3.05, 3.63) is 40.0 Å². The van der Waals surface area contributed by atoms with Gasteiger partial charge in [0.1, 0.15) is 5.75 Å². The van der Waals surface area contributed by atoms with Gasteiger partial charge in [-0.15, -0.1) is 0 Å². The van der Waals surface area contributed by atoms with E-state index in [-0.39, 0.29) is 11.8 Å². The third-order valence-electron chi connectivity index (χ3n) is 4.43. The zero-order chi connectivity index (χ0) is 18.5. The maximum Gasteiger partial charge on any atom is 0.229 e. The summed E-state index contributed by atoms with van der Waals surface area (Å²) < 4.78 is 10.9. The second-order valence-electron chi connectivity index (χ2n) is 6.36. The maximum atomic E-state index is 12.3. The molecular weight excluding hydrogens is 377 g/mol. The highest BCUT2D eigenvalue weighted by atomic mass is 35.5. The van der Waals surface area contributed by atoms with Gasteiger partial charge in [-0.25, -0.2) is 0 Å². The summed E-state index contributed by atoms with van der Waals surface area (Å²) in [6.07, 6.45) is 2.80. The Balaban J connectivity index is 1.38. The molecule has 1 fully saturated rings. The van der Waals surface area contributed by atoms with E-state index in [9.17, 15) is 4.79 Å². The normalized spacial score (nSPS) is 15.3. The number of carbonyl (C=O) groups is 1. The van der Waals surface area contributed by atoms with Crippen molar-refractivity contribution >= 4 is 29.1 Å². The third kappa shape index (κ3) is 4.89. The van der Waals surface area contributed by atoms with Crippen molar-refractivity contribution < 1.29 is 14.1 Å². The van der Waals surface area contributed by atoms with E-state index in [4.69, 9.17) is 32.5 Å². The molecule has 0 atom stereocenters. The van der Waals surface area contributed by atoms with E-state index in [0.29, 0.717) is 47.0 Å². The van der Waals surface area contributed by atoms with Gasteiger partial charge in [0, 0.05) is 30.5 Å². The van der Waals surface area contributed by atoms with Crippen LogP contribution < -0.4 is 4.74 Å². The monoisotopic (exact) mass is 397 g/mol. The van der Waals surface area contributed by atoms with Crippen molar-refractivity contribution in [3.8, 4) is 5.75 Å². The molecule has 0 unspecified atom stereocenters. The predicted molar refractivity (Wildman–Crippen MR) is 98.8 cm³/mol. The summed E-state index contributed by atoms with van der Waals surface area (Å²) in [5, 5.41) is 4.88. The van der Waals surface area contributed by atoms with Crippen LogP contribution in [0, 0.1) is 6.92 Å². The number of hydrogen-bond acceptors (Lipinski definition) is 5. The Morgan fingerprint density at radius 2 is 2.12 bits per heavy atom. The largest absolute Gasteiger partial charge is 0.492 e. The molecule has 0 N–H and O–H groups in total. The molecular formula is C18H21Cl2N3O3. The minimum absolute atomic E-state index is 0.149. The molecule has 1 amide bonds. The van der Waals surface area contributed by atoms with Gasteiger partial charge < -0.3 is 14.2 Å². The Morgan fingerprint density at radius 3 is 2.77 bits per heavy atom. The summed E-state index contributed by atoms with van der Waals surface area (Å²) in [5.41, 5.74) is 0. The average Bonchev–Trinajstić information content (AvgIpc) is 3.06. The number of nitrogens with zero attached hydrogens (tertiary/aromatic N) is 3. The molecule has 0 aliphatic carbocycles. The molecule has 1 aromatic carbocycles. The number of hydrogen-bond donors (Lipinski definition) is 0. The van der Waals surface area contributed by atoms with Crippen LogP contribution in [0.4, 0.5) is 0 Å². The molecule has 8 heteroatoms. The van der Waals surface area contributed by atoms with Crippen LogP contribution in [-0.2, 0) is 4.79 Å². The van der Waals surface area contributed by atoms with E-state index >= 15 is 0 Å². The number of piperidine rings is 1. The van der Waals surface area contributed by atoms with Crippen LogP contribution in [0.3, 0.4) is 0 Å². The molecule has 0 spiro atoms. The van der Waals surface area contributed by atoms with Gasteiger partial charge in [-0.05, 0) is 44.4 Å². The van der Waals surface area contributed by atoms with Crippen molar-refractivity contribution in [2.45, 2.75) is 38.5 Å². The summed E-state index contributed by atoms with van der Waals surface area (Å²) in [6, 6.07) is 5.10. The maximum absolute atomic E-state index is 12.3. The number of likely N-dealkylation sites (tertiary alicyclic amines) is 1. The van der Waals surface area contributed by atoms with Crippen molar-refractivity contribution in [2.24, 2.45) is 0 Å². The molecule has 0 radical (unpaired) electrons. The van der Waals surface area contributed by atoms with Gasteiger partial charge in [0.15, 0.2) is 5.82 Å². The Bertz CT molecular complexity index is 758. The lowest BCUT2D eigenvalue weighted by atomic mass is 9.96. The van der Waals surface area contributed by atoms with Crippen molar-refractivity contribution in [1.82, 2.24) is 15.0 Å². The molecule has 26 heavy (non-hydrogen) atoms. The minimum Gasteiger partial charge on any atom is -0.492 e. The Labute approximate surface area is 162 Å². The highest BCUT2D eigenvalue weighted by Crippen LogP contribution is 2.28. The SMILES string of the molecule is Cc1noc(C2CCN(C(=O)CCCOc3ccc(Cl)cc3Cl)CC2)n1. The number of aromatic nitrogens is 2. The van der Waals surface area contributed by atoms with E-state index in [1.807, 2.05) is 11.8 Å². The van der Waals surface area contributed by atoms with E-state index < -0.39 is 0 Å². The molecule has 1 aliphatic heterocycles. The zero-order valence-electron chi connectivity index (χ0n) is 14.6. The van der Waals surface area contributed by atoms with E-state index in [1.165, 1.54) is 0 Å². The quantitative estimate of drug-likeness (QED) is 0.681. The van der Waals surface area contributed by atoms with E-state index in [0.717, 1.165) is 25.9 Å². The summed E-state index contributed by atoms with van der Waals surface area (Å²) in [7, 11) is 0. The van der Waals surface area contributed by atoms with Gasteiger partial charge in [0.25, 0.3) is 0 Å². The third-order valence-corrected chi connectivity index (χ3v) is 4.96. The lowest BCUT2D eigenvalue weighted by molar-refractivity contribution is -0.132. The molecule has 1 aromatic heterocycles. The highest BCUT2D eigenvalue weighted by Gasteiger charge is 2.26. The fraction of sp³-hybridized carbons (Fsp3) is 0.500. The Hall–Kier alpha value is -1.79. The second kappa shape index (κ2) is 8.73. The van der Waals surface area contributed by atoms with Crippen LogP contribution in [0.25, 0.3) is 0 Å². The fourth-order valence-electron chi connectivity index (χ4n) is 3.01. The molecule has 6 nitrogen and oxygen atoms in total. The number of benzene rings is 1. The molecule has 1 aliphatic rings. The van der Waals surface area contributed by atoms with Crippen molar-refractivity contribution in [1.29, 1.82) is 0 Å². The average molecular weight is 398 g/mol. The number of amides is 1. The van der Waals surface area contributed by atoms with Crippen LogP contribution >= 0.6 is 23.2 Å². The predicted octanol–water partition coefficient (Wildman–Crippen LogP) is 4.25. The standard InChI is InChI=1S/C18H21Cl2N3O3/c1-12-21-18(26-22-12)13-6-8-23(9-7-13)17(24)3-2-10-25-16-5-4-14(19)11-15(16)20/h4-5,11,13H,2-3,6-10H2,1H3. The van der Waals surface area contributed by atoms with Crippen LogP contribution in [0.15, 0.2) is 22.7 Å². The van der Waals surface area contributed by atoms with E-state index in [1.54, 1.807) is 18.2 Å². The molecule has 0 bridgehead atoms. The van der Waals surface area contributed by atoms with Crippen LogP contribution in [0.1, 0.15) is 43.3 Å².